The minimum Gasteiger partial charge on any atom is -0.376 e. The molecule has 110 valence electrons. The predicted octanol–water partition coefficient (Wildman–Crippen LogP) is 1.79. The van der Waals surface area contributed by atoms with Gasteiger partial charge in [-0.15, -0.1) is 0 Å². The number of thioether (sulfide) groups is 1. The summed E-state index contributed by atoms with van der Waals surface area (Å²) in [7, 11) is 0. The third kappa shape index (κ3) is 4.18. The zero-order valence-corrected chi connectivity index (χ0v) is 13.0. The summed E-state index contributed by atoms with van der Waals surface area (Å²) in [5.74, 6) is 0.347. The van der Waals surface area contributed by atoms with Gasteiger partial charge in [-0.25, -0.2) is 9.97 Å². The number of rotatable bonds is 5. The third-order valence-corrected chi connectivity index (χ3v) is 4.34. The second-order valence-electron chi connectivity index (χ2n) is 5.03. The Morgan fingerprint density at radius 1 is 1.35 bits per heavy atom. The molecule has 0 spiro atoms. The van der Waals surface area contributed by atoms with Crippen molar-refractivity contribution in [1.29, 1.82) is 0 Å². The average Bonchev–Trinajstić information content (AvgIpc) is 2.93. The molecule has 1 atom stereocenters. The molecule has 0 saturated carbocycles. The lowest BCUT2D eigenvalue weighted by Gasteiger charge is -2.10. The zero-order valence-electron chi connectivity index (χ0n) is 12.2. The number of hydrogen-bond donors (Lipinski definition) is 1. The van der Waals surface area contributed by atoms with E-state index in [0.717, 1.165) is 36.4 Å². The summed E-state index contributed by atoms with van der Waals surface area (Å²) in [6.45, 7) is 7.35. The Bertz CT molecular complexity index is 464. The first kappa shape index (κ1) is 15.3. The number of aromatic nitrogens is 2. The Morgan fingerprint density at radius 2 is 2.05 bits per heavy atom. The summed E-state index contributed by atoms with van der Waals surface area (Å²) in [6, 6.07) is 0. The lowest BCUT2D eigenvalue weighted by atomic mass is 10.2. The molecule has 1 aliphatic rings. The lowest BCUT2D eigenvalue weighted by Crippen LogP contribution is -2.32. The fourth-order valence-corrected chi connectivity index (χ4v) is 2.79. The van der Waals surface area contributed by atoms with Gasteiger partial charge in [0.15, 0.2) is 5.16 Å². The van der Waals surface area contributed by atoms with Gasteiger partial charge in [-0.05, 0) is 39.2 Å². The Labute approximate surface area is 123 Å². The normalized spacial score (nSPS) is 18.2. The van der Waals surface area contributed by atoms with Gasteiger partial charge >= 0.3 is 0 Å². The Kier molecular flexibility index (Phi) is 5.37. The number of nitrogens with zero attached hydrogens (tertiary/aromatic N) is 2. The first-order chi connectivity index (χ1) is 9.56. The van der Waals surface area contributed by atoms with Gasteiger partial charge in [0, 0.05) is 24.5 Å². The van der Waals surface area contributed by atoms with Crippen molar-refractivity contribution in [1.82, 2.24) is 15.3 Å². The molecule has 0 unspecified atom stereocenters. The molecule has 0 bridgehead atoms. The predicted molar refractivity (Wildman–Crippen MR) is 79.0 cm³/mol. The van der Waals surface area contributed by atoms with Crippen LogP contribution >= 0.6 is 11.8 Å². The molecule has 0 radical (unpaired) electrons. The molecule has 1 N–H and O–H groups in total. The minimum absolute atomic E-state index is 0.00461. The molecule has 1 saturated heterocycles. The van der Waals surface area contributed by atoms with Crippen LogP contribution in [0.4, 0.5) is 0 Å². The molecule has 5 nitrogen and oxygen atoms in total. The van der Waals surface area contributed by atoms with Crippen LogP contribution in [0.15, 0.2) is 5.16 Å². The van der Waals surface area contributed by atoms with E-state index in [1.54, 1.807) is 0 Å². The monoisotopic (exact) mass is 295 g/mol. The number of hydrogen-bond acceptors (Lipinski definition) is 5. The summed E-state index contributed by atoms with van der Waals surface area (Å²) in [5.41, 5.74) is 3.05. The number of carbonyl (C=O) groups is 1. The summed E-state index contributed by atoms with van der Waals surface area (Å²) in [4.78, 5) is 20.5. The van der Waals surface area contributed by atoms with Gasteiger partial charge in [-0.2, -0.15) is 0 Å². The number of amides is 1. The standard InChI is InChI=1S/C14H21N3O2S/c1-9-10(2)16-14(17-11(9)3)20-8-13(18)15-7-12-5-4-6-19-12/h12H,4-8H2,1-3H3,(H,15,18)/t12-/m1/s1. The van der Waals surface area contributed by atoms with Gasteiger partial charge in [0.2, 0.25) is 5.91 Å². The fraction of sp³-hybridized carbons (Fsp3) is 0.643. The van der Waals surface area contributed by atoms with Crippen molar-refractivity contribution in [2.75, 3.05) is 18.9 Å². The van der Waals surface area contributed by atoms with Crippen LogP contribution in [0.2, 0.25) is 0 Å². The van der Waals surface area contributed by atoms with Gasteiger partial charge in [-0.1, -0.05) is 11.8 Å². The van der Waals surface area contributed by atoms with Crippen molar-refractivity contribution >= 4 is 17.7 Å². The number of aryl methyl sites for hydroxylation is 2. The molecule has 0 aliphatic carbocycles. The van der Waals surface area contributed by atoms with Crippen LogP contribution in [0.25, 0.3) is 0 Å². The zero-order chi connectivity index (χ0) is 14.5. The molecule has 6 heteroatoms. The summed E-state index contributed by atoms with van der Waals surface area (Å²) in [5, 5.41) is 3.56. The number of carbonyl (C=O) groups excluding carboxylic acids is 1. The maximum atomic E-state index is 11.8. The van der Waals surface area contributed by atoms with Crippen LogP contribution in [0.3, 0.4) is 0 Å². The Hall–Kier alpha value is -1.14. The van der Waals surface area contributed by atoms with Crippen molar-refractivity contribution in [2.45, 2.75) is 44.9 Å². The summed E-state index contributed by atoms with van der Waals surface area (Å²) < 4.78 is 5.46. The van der Waals surface area contributed by atoms with Crippen molar-refractivity contribution < 1.29 is 9.53 Å². The quantitative estimate of drug-likeness (QED) is 0.663. The molecule has 1 aromatic heterocycles. The van der Waals surface area contributed by atoms with E-state index in [1.165, 1.54) is 11.8 Å². The molecule has 2 rings (SSSR count). The lowest BCUT2D eigenvalue weighted by molar-refractivity contribution is -0.119. The molecular formula is C14H21N3O2S. The van der Waals surface area contributed by atoms with Crippen LogP contribution in [0.5, 0.6) is 0 Å². The highest BCUT2D eigenvalue weighted by Gasteiger charge is 2.16. The molecular weight excluding hydrogens is 274 g/mol. The van der Waals surface area contributed by atoms with Gasteiger partial charge in [-0.3, -0.25) is 4.79 Å². The molecule has 1 aliphatic heterocycles. The minimum atomic E-state index is 0.00461. The smallest absolute Gasteiger partial charge is 0.230 e. The summed E-state index contributed by atoms with van der Waals surface area (Å²) >= 11 is 1.37. The highest BCUT2D eigenvalue weighted by Crippen LogP contribution is 2.17. The van der Waals surface area contributed by atoms with E-state index in [4.69, 9.17) is 4.74 Å². The van der Waals surface area contributed by atoms with E-state index in [9.17, 15) is 4.79 Å². The molecule has 1 aromatic rings. The highest BCUT2D eigenvalue weighted by molar-refractivity contribution is 7.99. The fourth-order valence-electron chi connectivity index (χ4n) is 2.02. The van der Waals surface area contributed by atoms with Crippen molar-refractivity contribution in [3.8, 4) is 0 Å². The van der Waals surface area contributed by atoms with Crippen molar-refractivity contribution in [3.63, 3.8) is 0 Å². The first-order valence-corrected chi connectivity index (χ1v) is 7.87. The van der Waals surface area contributed by atoms with E-state index in [0.29, 0.717) is 17.5 Å². The third-order valence-electron chi connectivity index (χ3n) is 3.50. The highest BCUT2D eigenvalue weighted by atomic mass is 32.2. The van der Waals surface area contributed by atoms with Crippen molar-refractivity contribution in [3.05, 3.63) is 17.0 Å². The van der Waals surface area contributed by atoms with E-state index < -0.39 is 0 Å². The van der Waals surface area contributed by atoms with E-state index >= 15 is 0 Å². The molecule has 20 heavy (non-hydrogen) atoms. The molecule has 2 heterocycles. The molecule has 0 aromatic carbocycles. The van der Waals surface area contributed by atoms with Gasteiger partial charge < -0.3 is 10.1 Å². The molecule has 1 fully saturated rings. The first-order valence-electron chi connectivity index (χ1n) is 6.89. The van der Waals surface area contributed by atoms with E-state index in [1.807, 2.05) is 20.8 Å². The van der Waals surface area contributed by atoms with E-state index in [-0.39, 0.29) is 12.0 Å². The number of nitrogens with one attached hydrogen (secondary N) is 1. The number of ether oxygens (including phenoxy) is 1. The maximum absolute atomic E-state index is 11.8. The second kappa shape index (κ2) is 7.04. The van der Waals surface area contributed by atoms with Crippen LogP contribution in [0, 0.1) is 20.8 Å². The van der Waals surface area contributed by atoms with Crippen LogP contribution in [-0.2, 0) is 9.53 Å². The van der Waals surface area contributed by atoms with Crippen LogP contribution in [0.1, 0.15) is 29.8 Å². The topological polar surface area (TPSA) is 64.1 Å². The second-order valence-corrected chi connectivity index (χ2v) is 5.97. The Balaban J connectivity index is 1.78. The van der Waals surface area contributed by atoms with E-state index in [2.05, 4.69) is 15.3 Å². The van der Waals surface area contributed by atoms with Gasteiger partial charge in [0.25, 0.3) is 0 Å². The molecule has 1 amide bonds. The van der Waals surface area contributed by atoms with Crippen LogP contribution < -0.4 is 5.32 Å². The summed E-state index contributed by atoms with van der Waals surface area (Å²) in [6.07, 6.45) is 2.31. The van der Waals surface area contributed by atoms with Gasteiger partial charge in [0.05, 0.1) is 11.9 Å². The van der Waals surface area contributed by atoms with Crippen LogP contribution in [-0.4, -0.2) is 40.9 Å². The largest absolute Gasteiger partial charge is 0.376 e. The SMILES string of the molecule is Cc1nc(SCC(=O)NC[C@H]2CCCO2)nc(C)c1C. The van der Waals surface area contributed by atoms with Gasteiger partial charge in [0.1, 0.15) is 0 Å². The average molecular weight is 295 g/mol. The Morgan fingerprint density at radius 3 is 2.65 bits per heavy atom. The van der Waals surface area contributed by atoms with Crippen molar-refractivity contribution in [2.24, 2.45) is 0 Å². The maximum Gasteiger partial charge on any atom is 0.230 e.